The van der Waals surface area contributed by atoms with Crippen LogP contribution in [0.5, 0.6) is 0 Å². The summed E-state index contributed by atoms with van der Waals surface area (Å²) < 4.78 is 6.20. The molecule has 7 heteroatoms. The zero-order chi connectivity index (χ0) is 13.6. The number of aryl methyl sites for hydroxylation is 1. The highest BCUT2D eigenvalue weighted by Gasteiger charge is 2.20. The first kappa shape index (κ1) is 11.4. The van der Waals surface area contributed by atoms with Crippen LogP contribution in [0.15, 0.2) is 23.3 Å². The Hall–Kier alpha value is -2.70. The van der Waals surface area contributed by atoms with Crippen molar-refractivity contribution < 1.29 is 9.53 Å². The van der Waals surface area contributed by atoms with Gasteiger partial charge < -0.3 is 9.72 Å². The smallest absolute Gasteiger partial charge is 0.343 e. The molecule has 0 saturated heterocycles. The maximum Gasteiger partial charge on any atom is 0.343 e. The van der Waals surface area contributed by atoms with Crippen LogP contribution in [0.3, 0.4) is 0 Å². The van der Waals surface area contributed by atoms with E-state index in [1.54, 1.807) is 13.0 Å². The Labute approximate surface area is 106 Å². The summed E-state index contributed by atoms with van der Waals surface area (Å²) in [6, 6.07) is 1.71. The van der Waals surface area contributed by atoms with E-state index in [2.05, 4.69) is 15.1 Å². The molecule has 96 valence electrons. The minimum atomic E-state index is -0.496. The number of methoxy groups -OCH3 is 1. The highest BCUT2D eigenvalue weighted by Crippen LogP contribution is 2.18. The van der Waals surface area contributed by atoms with Gasteiger partial charge >= 0.3 is 5.97 Å². The Morgan fingerprint density at radius 2 is 2.26 bits per heavy atom. The molecule has 0 atom stereocenters. The van der Waals surface area contributed by atoms with Crippen LogP contribution < -0.4 is 5.56 Å². The molecule has 3 heterocycles. The highest BCUT2D eigenvalue weighted by molar-refractivity contribution is 5.98. The third kappa shape index (κ3) is 1.51. The second-order valence-electron chi connectivity index (χ2n) is 4.05. The van der Waals surface area contributed by atoms with Gasteiger partial charge in [-0.05, 0) is 13.0 Å². The molecule has 0 aliphatic heterocycles. The molecule has 0 aliphatic rings. The van der Waals surface area contributed by atoms with Crippen LogP contribution in [0.2, 0.25) is 0 Å². The van der Waals surface area contributed by atoms with Crippen molar-refractivity contribution in [2.24, 2.45) is 0 Å². The average molecular weight is 258 g/mol. The highest BCUT2D eigenvalue weighted by atomic mass is 16.5. The summed E-state index contributed by atoms with van der Waals surface area (Å²) in [5.74, 6) is -0.496. The molecule has 0 unspecified atom stereocenters. The first-order valence-electron chi connectivity index (χ1n) is 5.57. The van der Waals surface area contributed by atoms with E-state index in [1.165, 1.54) is 24.0 Å². The van der Waals surface area contributed by atoms with Gasteiger partial charge in [-0.1, -0.05) is 0 Å². The van der Waals surface area contributed by atoms with Gasteiger partial charge in [-0.15, -0.1) is 0 Å². The number of hydrogen-bond acceptors (Lipinski definition) is 5. The molecule has 0 aliphatic carbocycles. The van der Waals surface area contributed by atoms with E-state index in [-0.39, 0.29) is 5.56 Å². The van der Waals surface area contributed by atoms with Crippen molar-refractivity contribution in [1.29, 1.82) is 0 Å². The fraction of sp³-hybridized carbons (Fsp3) is 0.167. The number of esters is 1. The third-order valence-electron chi connectivity index (χ3n) is 2.95. The first-order chi connectivity index (χ1) is 9.13. The van der Waals surface area contributed by atoms with Gasteiger partial charge in [-0.2, -0.15) is 5.10 Å². The average Bonchev–Trinajstić information content (AvgIpc) is 2.75. The number of ether oxygens (including phenoxy) is 1. The number of carbonyl (C=O) groups excluding carboxylic acids is 1. The van der Waals surface area contributed by atoms with Crippen molar-refractivity contribution in [2.75, 3.05) is 7.11 Å². The van der Waals surface area contributed by atoms with Gasteiger partial charge in [0.25, 0.3) is 5.56 Å². The zero-order valence-electron chi connectivity index (χ0n) is 10.3. The second-order valence-corrected chi connectivity index (χ2v) is 4.05. The summed E-state index contributed by atoms with van der Waals surface area (Å²) in [4.78, 5) is 30.1. The van der Waals surface area contributed by atoms with Crippen molar-refractivity contribution in [2.45, 2.75) is 6.92 Å². The molecule has 0 radical (unpaired) electrons. The number of fused-ring (bicyclic) bond motifs is 3. The molecule has 1 N–H and O–H groups in total. The van der Waals surface area contributed by atoms with Gasteiger partial charge in [0.2, 0.25) is 0 Å². The maximum atomic E-state index is 11.7. The monoisotopic (exact) mass is 258 g/mol. The molecule has 7 nitrogen and oxygen atoms in total. The maximum absolute atomic E-state index is 11.7. The first-order valence-corrected chi connectivity index (χ1v) is 5.57. The fourth-order valence-corrected chi connectivity index (χ4v) is 2.06. The van der Waals surface area contributed by atoms with Crippen molar-refractivity contribution >= 4 is 22.5 Å². The molecule has 0 saturated carbocycles. The van der Waals surface area contributed by atoms with Crippen LogP contribution in [0.4, 0.5) is 0 Å². The number of pyridine rings is 1. The van der Waals surface area contributed by atoms with Gasteiger partial charge in [-0.3, -0.25) is 4.79 Å². The Morgan fingerprint density at radius 1 is 1.47 bits per heavy atom. The molecule has 3 aromatic rings. The van der Waals surface area contributed by atoms with E-state index in [1.807, 2.05) is 0 Å². The number of H-pyrrole nitrogens is 1. The summed E-state index contributed by atoms with van der Waals surface area (Å²) in [6.45, 7) is 1.69. The molecule has 0 aromatic carbocycles. The second kappa shape index (κ2) is 3.91. The molecule has 19 heavy (non-hydrogen) atoms. The molecular weight excluding hydrogens is 248 g/mol. The van der Waals surface area contributed by atoms with E-state index in [0.717, 1.165) is 0 Å². The molecular formula is C12H10N4O3. The fourth-order valence-electron chi connectivity index (χ4n) is 2.06. The van der Waals surface area contributed by atoms with Gasteiger partial charge in [0, 0.05) is 12.4 Å². The Morgan fingerprint density at radius 3 is 3.00 bits per heavy atom. The SMILES string of the molecule is COC(=O)c1c(C)nn2c1ncc1c(=O)[nH]ccc12. The van der Waals surface area contributed by atoms with Crippen molar-refractivity contribution in [3.63, 3.8) is 0 Å². The van der Waals surface area contributed by atoms with E-state index in [9.17, 15) is 9.59 Å². The predicted octanol–water partition coefficient (Wildman–Crippen LogP) is 0.666. The van der Waals surface area contributed by atoms with E-state index in [0.29, 0.717) is 27.8 Å². The van der Waals surface area contributed by atoms with E-state index >= 15 is 0 Å². The molecule has 0 spiro atoms. The molecule has 0 fully saturated rings. The Bertz CT molecular complexity index is 862. The van der Waals surface area contributed by atoms with Crippen molar-refractivity contribution in [3.8, 4) is 0 Å². The number of aromatic amines is 1. The van der Waals surface area contributed by atoms with Gasteiger partial charge in [0.1, 0.15) is 5.56 Å². The summed E-state index contributed by atoms with van der Waals surface area (Å²) >= 11 is 0. The Kier molecular flexibility index (Phi) is 2.34. The third-order valence-corrected chi connectivity index (χ3v) is 2.95. The van der Waals surface area contributed by atoms with Crippen LogP contribution in [-0.4, -0.2) is 32.7 Å². The standard InChI is InChI=1S/C12H10N4O3/c1-6-9(12(18)19-2)10-14-5-7-8(16(10)15-6)3-4-13-11(7)17/h3-5H,1-2H3,(H,13,17). The quantitative estimate of drug-likeness (QED) is 0.648. The summed E-state index contributed by atoms with van der Waals surface area (Å²) in [5.41, 5.74) is 1.53. The van der Waals surface area contributed by atoms with Gasteiger partial charge in [0.15, 0.2) is 5.65 Å². The lowest BCUT2D eigenvalue weighted by Gasteiger charge is -2.00. The topological polar surface area (TPSA) is 89.3 Å². The zero-order valence-corrected chi connectivity index (χ0v) is 10.3. The van der Waals surface area contributed by atoms with Crippen LogP contribution in [0, 0.1) is 6.92 Å². The number of nitrogens with zero attached hydrogens (tertiary/aromatic N) is 3. The number of aromatic nitrogens is 4. The summed E-state index contributed by atoms with van der Waals surface area (Å²) in [5, 5.41) is 4.66. The number of rotatable bonds is 1. The van der Waals surface area contributed by atoms with Crippen LogP contribution in [0.1, 0.15) is 16.1 Å². The number of carbonyl (C=O) groups is 1. The lowest BCUT2D eigenvalue weighted by atomic mass is 10.2. The number of hydrogen-bond donors (Lipinski definition) is 1. The summed E-state index contributed by atoms with van der Waals surface area (Å²) in [6.07, 6.45) is 2.95. The minimum absolute atomic E-state index is 0.250. The summed E-state index contributed by atoms with van der Waals surface area (Å²) in [7, 11) is 1.30. The van der Waals surface area contributed by atoms with E-state index < -0.39 is 5.97 Å². The van der Waals surface area contributed by atoms with Gasteiger partial charge in [0.05, 0.1) is 23.7 Å². The number of nitrogens with one attached hydrogen (secondary N) is 1. The van der Waals surface area contributed by atoms with Crippen molar-refractivity contribution in [1.82, 2.24) is 19.6 Å². The lowest BCUT2D eigenvalue weighted by molar-refractivity contribution is 0.0602. The largest absolute Gasteiger partial charge is 0.465 e. The van der Waals surface area contributed by atoms with Crippen LogP contribution in [0.25, 0.3) is 16.6 Å². The normalized spacial score (nSPS) is 11.1. The molecule has 3 rings (SSSR count). The Balaban J connectivity index is 2.49. The van der Waals surface area contributed by atoms with Crippen LogP contribution in [-0.2, 0) is 4.74 Å². The molecule has 3 aromatic heterocycles. The molecule has 0 bridgehead atoms. The lowest BCUT2D eigenvalue weighted by Crippen LogP contribution is -2.08. The minimum Gasteiger partial charge on any atom is -0.465 e. The van der Waals surface area contributed by atoms with Crippen molar-refractivity contribution in [3.05, 3.63) is 40.1 Å². The predicted molar refractivity (Wildman–Crippen MR) is 67.2 cm³/mol. The van der Waals surface area contributed by atoms with Crippen LogP contribution >= 0.6 is 0 Å². The van der Waals surface area contributed by atoms with E-state index in [4.69, 9.17) is 4.74 Å². The van der Waals surface area contributed by atoms with Gasteiger partial charge in [-0.25, -0.2) is 14.3 Å². The molecule has 0 amide bonds.